The summed E-state index contributed by atoms with van der Waals surface area (Å²) in [5.41, 5.74) is 6.80. The Hall–Kier alpha value is -4.09. The van der Waals surface area contributed by atoms with Crippen LogP contribution in [-0.4, -0.2) is 55.3 Å². The number of nitrogens with one attached hydrogen (secondary N) is 3. The van der Waals surface area contributed by atoms with E-state index >= 15 is 0 Å². The number of rotatable bonds is 12. The van der Waals surface area contributed by atoms with Crippen LogP contribution in [0, 0.1) is 5.41 Å². The van der Waals surface area contributed by atoms with Gasteiger partial charge < -0.3 is 35.1 Å². The Kier molecular flexibility index (Phi) is 9.68. The van der Waals surface area contributed by atoms with Crippen LogP contribution in [0.5, 0.6) is 5.88 Å². The van der Waals surface area contributed by atoms with Crippen molar-refractivity contribution in [1.29, 1.82) is 5.41 Å². The fourth-order valence-electron chi connectivity index (χ4n) is 2.48. The van der Waals surface area contributed by atoms with E-state index in [2.05, 4.69) is 20.5 Å². The second-order valence-electron chi connectivity index (χ2n) is 6.85. The van der Waals surface area contributed by atoms with Crippen molar-refractivity contribution in [2.24, 2.45) is 5.73 Å². The Morgan fingerprint density at radius 2 is 1.97 bits per heavy atom. The van der Waals surface area contributed by atoms with Crippen molar-refractivity contribution in [2.45, 2.75) is 32.4 Å². The van der Waals surface area contributed by atoms with Gasteiger partial charge in [0.1, 0.15) is 18.5 Å². The number of nitrogens with two attached hydrogens (primary N) is 1. The lowest BCUT2D eigenvalue weighted by atomic mass is 10.1. The van der Waals surface area contributed by atoms with Gasteiger partial charge in [-0.3, -0.25) is 10.2 Å². The molecule has 0 fully saturated rings. The molecule has 1 aromatic carbocycles. The molecule has 1 aromatic heterocycles. The monoisotopic (exact) mass is 461 g/mol. The van der Waals surface area contributed by atoms with Gasteiger partial charge in [0.25, 0.3) is 11.8 Å². The van der Waals surface area contributed by atoms with Gasteiger partial charge in [0.15, 0.2) is 0 Å². The minimum Gasteiger partial charge on any atom is -0.471 e. The molecule has 0 aliphatic rings. The van der Waals surface area contributed by atoms with Crippen LogP contribution in [0.3, 0.4) is 0 Å². The molecule has 0 bridgehead atoms. The number of esters is 1. The number of alkyl carbamates (subject to hydrolysis) is 1. The Bertz CT molecular complexity index is 958. The number of aromatic nitrogens is 1. The number of nitrogens with zero attached hydrogens (tertiary/aromatic N) is 1. The highest BCUT2D eigenvalue weighted by molar-refractivity contribution is 5.95. The van der Waals surface area contributed by atoms with Gasteiger partial charge in [0, 0.05) is 12.1 Å². The predicted molar refractivity (Wildman–Crippen MR) is 116 cm³/mol. The Morgan fingerprint density at radius 3 is 2.61 bits per heavy atom. The third-order valence-electron chi connectivity index (χ3n) is 4.34. The highest BCUT2D eigenvalue weighted by Gasteiger charge is 2.24. The lowest BCUT2D eigenvalue weighted by Gasteiger charge is -2.16. The summed E-state index contributed by atoms with van der Waals surface area (Å²) in [6.07, 6.45) is 0.741. The number of amidine groups is 1. The van der Waals surface area contributed by atoms with Crippen molar-refractivity contribution in [1.82, 2.24) is 15.8 Å². The maximum Gasteiger partial charge on any atom is 0.407 e. The van der Waals surface area contributed by atoms with Crippen molar-refractivity contribution >= 4 is 23.8 Å². The highest BCUT2D eigenvalue weighted by Crippen LogP contribution is 2.14. The molecule has 178 valence electrons. The van der Waals surface area contributed by atoms with E-state index in [4.69, 9.17) is 25.1 Å². The molecule has 0 radical (unpaired) electrons. The summed E-state index contributed by atoms with van der Waals surface area (Å²) in [6, 6.07) is 7.01. The average molecular weight is 461 g/mol. The standard InChI is InChI=1S/C21H27N5O7/c1-3-4-9-31-21(29)25-15(20(28)30-2)11-24-19(27)16-10-17(26-33-16)32-12-13-5-7-14(8-6-13)18(22)23/h5-8,10,15H,3-4,9,11-12H2,1-2H3,(H3,22,23)(H,24,27)(H,25,29)/t15-/m0/s1. The molecular weight excluding hydrogens is 434 g/mol. The summed E-state index contributed by atoms with van der Waals surface area (Å²) in [7, 11) is 1.16. The number of carbonyl (C=O) groups is 3. The normalized spacial score (nSPS) is 11.2. The number of nitrogen functional groups attached to an aromatic ring is 1. The number of hydrogen-bond acceptors (Lipinski definition) is 9. The van der Waals surface area contributed by atoms with Gasteiger partial charge in [-0.1, -0.05) is 37.6 Å². The largest absolute Gasteiger partial charge is 0.471 e. The van der Waals surface area contributed by atoms with Crippen LogP contribution in [-0.2, 0) is 20.9 Å². The van der Waals surface area contributed by atoms with E-state index < -0.39 is 24.0 Å². The molecule has 2 amide bonds. The van der Waals surface area contributed by atoms with Crippen molar-refractivity contribution in [3.05, 3.63) is 47.2 Å². The van der Waals surface area contributed by atoms with Gasteiger partial charge in [0.2, 0.25) is 5.76 Å². The van der Waals surface area contributed by atoms with E-state index in [1.807, 2.05) is 6.92 Å². The summed E-state index contributed by atoms with van der Waals surface area (Å²) < 4.78 is 20.0. The molecule has 33 heavy (non-hydrogen) atoms. The molecule has 1 atom stereocenters. The minimum absolute atomic E-state index is 0.0346. The smallest absolute Gasteiger partial charge is 0.407 e. The number of methoxy groups -OCH3 is 1. The Labute approximate surface area is 190 Å². The predicted octanol–water partition coefficient (Wildman–Crippen LogP) is 1.34. The first-order valence-corrected chi connectivity index (χ1v) is 10.2. The highest BCUT2D eigenvalue weighted by atomic mass is 16.6. The van der Waals surface area contributed by atoms with E-state index in [0.717, 1.165) is 19.1 Å². The summed E-state index contributed by atoms with van der Waals surface area (Å²) >= 11 is 0. The number of unbranched alkanes of at least 4 members (excludes halogenated alkanes) is 1. The lowest BCUT2D eigenvalue weighted by molar-refractivity contribution is -0.142. The average Bonchev–Trinajstić information content (AvgIpc) is 3.29. The molecule has 2 aromatic rings. The second-order valence-corrected chi connectivity index (χ2v) is 6.85. The van der Waals surface area contributed by atoms with E-state index in [9.17, 15) is 14.4 Å². The molecule has 0 spiro atoms. The third-order valence-corrected chi connectivity index (χ3v) is 4.34. The van der Waals surface area contributed by atoms with Crippen LogP contribution in [0.15, 0.2) is 34.9 Å². The maximum atomic E-state index is 12.3. The third kappa shape index (κ3) is 8.16. The zero-order valence-corrected chi connectivity index (χ0v) is 18.4. The molecule has 2 rings (SSSR count). The number of hydrogen-bond donors (Lipinski definition) is 4. The zero-order chi connectivity index (χ0) is 24.2. The van der Waals surface area contributed by atoms with Gasteiger partial charge in [0.05, 0.1) is 19.8 Å². The van der Waals surface area contributed by atoms with Crippen LogP contribution >= 0.6 is 0 Å². The van der Waals surface area contributed by atoms with Crippen LogP contribution < -0.4 is 21.1 Å². The first-order valence-electron chi connectivity index (χ1n) is 10.2. The van der Waals surface area contributed by atoms with Crippen molar-refractivity contribution in [3.8, 4) is 5.88 Å². The molecule has 0 aliphatic heterocycles. The van der Waals surface area contributed by atoms with Crippen LogP contribution in [0.25, 0.3) is 0 Å². The number of carbonyl (C=O) groups excluding carboxylic acids is 3. The van der Waals surface area contributed by atoms with Crippen LogP contribution in [0.4, 0.5) is 4.79 Å². The number of amides is 2. The summed E-state index contributed by atoms with van der Waals surface area (Å²) in [5, 5.41) is 15.9. The van der Waals surface area contributed by atoms with E-state index in [1.54, 1.807) is 24.3 Å². The zero-order valence-electron chi connectivity index (χ0n) is 18.4. The molecule has 0 unspecified atom stereocenters. The van der Waals surface area contributed by atoms with Crippen LogP contribution in [0.2, 0.25) is 0 Å². The molecule has 5 N–H and O–H groups in total. The molecule has 12 nitrogen and oxygen atoms in total. The molecule has 1 heterocycles. The van der Waals surface area contributed by atoms with Crippen molar-refractivity contribution < 1.29 is 33.1 Å². The topological polar surface area (TPSA) is 179 Å². The Balaban J connectivity index is 1.86. The fourth-order valence-corrected chi connectivity index (χ4v) is 2.48. The molecule has 0 aliphatic carbocycles. The van der Waals surface area contributed by atoms with Gasteiger partial charge >= 0.3 is 12.1 Å². The first-order chi connectivity index (χ1) is 15.8. The Morgan fingerprint density at radius 1 is 1.24 bits per heavy atom. The molecule has 0 saturated carbocycles. The quantitative estimate of drug-likeness (QED) is 0.157. The summed E-state index contributed by atoms with van der Waals surface area (Å²) in [6.45, 7) is 2.05. The van der Waals surface area contributed by atoms with Gasteiger partial charge in [-0.2, -0.15) is 0 Å². The molecule has 0 saturated heterocycles. The van der Waals surface area contributed by atoms with E-state index in [0.29, 0.717) is 12.0 Å². The van der Waals surface area contributed by atoms with E-state index in [-0.39, 0.29) is 37.2 Å². The fraction of sp³-hybridized carbons (Fsp3) is 0.381. The van der Waals surface area contributed by atoms with Crippen molar-refractivity contribution in [2.75, 3.05) is 20.3 Å². The van der Waals surface area contributed by atoms with Gasteiger partial charge in [-0.25, -0.2) is 9.59 Å². The van der Waals surface area contributed by atoms with Crippen LogP contribution in [0.1, 0.15) is 41.4 Å². The van der Waals surface area contributed by atoms with Gasteiger partial charge in [-0.05, 0) is 17.1 Å². The summed E-state index contributed by atoms with van der Waals surface area (Å²) in [4.78, 5) is 36.0. The second kappa shape index (κ2) is 12.7. The number of benzene rings is 1. The van der Waals surface area contributed by atoms with Crippen molar-refractivity contribution in [3.63, 3.8) is 0 Å². The minimum atomic E-state index is -1.15. The number of ether oxygens (including phenoxy) is 3. The maximum absolute atomic E-state index is 12.3. The van der Waals surface area contributed by atoms with E-state index in [1.165, 1.54) is 6.07 Å². The first kappa shape index (κ1) is 25.2. The SMILES string of the molecule is CCCCOC(=O)N[C@@H](CNC(=O)c1cc(OCc2ccc(C(=N)N)cc2)no1)C(=O)OC. The van der Waals surface area contributed by atoms with Gasteiger partial charge in [-0.15, -0.1) is 0 Å². The lowest BCUT2D eigenvalue weighted by Crippen LogP contribution is -2.49. The molecule has 12 heteroatoms. The molecular formula is C21H27N5O7. The summed E-state index contributed by atoms with van der Waals surface area (Å²) in [5.74, 6) is -1.52.